The Morgan fingerprint density at radius 3 is 1.74 bits per heavy atom. The van der Waals surface area contributed by atoms with Gasteiger partial charge in [-0.25, -0.2) is 0 Å². The van der Waals surface area contributed by atoms with Crippen molar-refractivity contribution in [2.45, 2.75) is 17.0 Å². The van der Waals surface area contributed by atoms with Gasteiger partial charge in [0.2, 0.25) is 0 Å². The zero-order valence-corrected chi connectivity index (χ0v) is 24.2. The molecule has 0 amide bonds. The second kappa shape index (κ2) is 9.40. The first-order valence-corrected chi connectivity index (χ1v) is 42.3. The van der Waals surface area contributed by atoms with E-state index in [1.165, 1.54) is 0 Å². The molecule has 9 heteroatoms. The van der Waals surface area contributed by atoms with Gasteiger partial charge in [-0.05, 0) is 0 Å². The standard InChI is InChI=1S/C10H12BrOSe.5BrH.Sn/c1-13(2)7-10(12)8-3-5-9(11)6-4-8;;;;;;/h3-6H,7H2,1-2H3;5*1H;/q+1;;;;;;+4/p-5. The van der Waals surface area contributed by atoms with Gasteiger partial charge in [0.15, 0.2) is 0 Å². The van der Waals surface area contributed by atoms with E-state index in [9.17, 15) is 4.79 Å². The first-order chi connectivity index (χ1) is 8.33. The first-order valence-electron chi connectivity index (χ1n) is 4.87. The van der Waals surface area contributed by atoms with Crippen LogP contribution in [0, 0.1) is 0 Å². The van der Waals surface area contributed by atoms with Gasteiger partial charge < -0.3 is 0 Å². The van der Waals surface area contributed by atoms with Gasteiger partial charge in [0.1, 0.15) is 0 Å². The van der Waals surface area contributed by atoms with Crippen LogP contribution in [0.2, 0.25) is 17.0 Å². The summed E-state index contributed by atoms with van der Waals surface area (Å²) in [5, 5.41) is 0.752. The van der Waals surface area contributed by atoms with Crippen LogP contribution in [0.4, 0.5) is 0 Å². The summed E-state index contributed by atoms with van der Waals surface area (Å²) in [6, 6.07) is 7.57. The molecule has 0 aliphatic rings. The minimum atomic E-state index is -2.70. The fourth-order valence-electron chi connectivity index (χ4n) is 0.981. The molecule has 0 aliphatic carbocycles. The van der Waals surface area contributed by atoms with E-state index in [2.05, 4.69) is 91.1 Å². The maximum absolute atomic E-state index is 11.6. The third-order valence-corrected chi connectivity index (χ3v) is 3.88. The molecular formula is C10H12Br6OSeSn. The minimum absolute atomic E-state index is 0.280. The zero-order chi connectivity index (χ0) is 15.3. The van der Waals surface area contributed by atoms with Gasteiger partial charge in [0.05, 0.1) is 0 Å². The van der Waals surface area contributed by atoms with Crippen molar-refractivity contribution in [3.63, 3.8) is 0 Å². The molecule has 0 saturated heterocycles. The summed E-state index contributed by atoms with van der Waals surface area (Å²) in [6.07, 6.45) is 0. The van der Waals surface area contributed by atoms with Crippen molar-refractivity contribution in [2.75, 3.05) is 0 Å². The van der Waals surface area contributed by atoms with Gasteiger partial charge in [0, 0.05) is 0 Å². The molecule has 0 N–H and O–H groups in total. The Kier molecular flexibility index (Phi) is 10.9. The monoisotopic (exact) mass is 821 g/mol. The summed E-state index contributed by atoms with van der Waals surface area (Å²) < 4.78 is 1.02. The molecule has 0 aromatic heterocycles. The van der Waals surface area contributed by atoms with Crippen LogP contribution in [0.3, 0.4) is 0 Å². The molecule has 1 aromatic carbocycles. The van der Waals surface area contributed by atoms with E-state index in [-0.39, 0.29) is 5.78 Å². The molecule has 0 aliphatic heterocycles. The number of benzene rings is 1. The van der Waals surface area contributed by atoms with Crippen LogP contribution in [-0.2, 0) is 0 Å². The Morgan fingerprint density at radius 1 is 1.05 bits per heavy atom. The Bertz CT molecular complexity index is 409. The molecule has 1 rings (SSSR count). The predicted molar refractivity (Wildman–Crippen MR) is 111 cm³/mol. The average molecular weight is 825 g/mol. The summed E-state index contributed by atoms with van der Waals surface area (Å²) in [5.74, 6) is 1.94. The quantitative estimate of drug-likeness (QED) is 0.233. The topological polar surface area (TPSA) is 17.1 Å². The Balaban J connectivity index is 0.000000459. The van der Waals surface area contributed by atoms with E-state index >= 15 is 0 Å². The van der Waals surface area contributed by atoms with Crippen molar-refractivity contribution < 1.29 is 4.79 Å². The third kappa shape index (κ3) is 17.3. The van der Waals surface area contributed by atoms with E-state index in [0.717, 1.165) is 15.4 Å². The van der Waals surface area contributed by atoms with Crippen molar-refractivity contribution in [1.29, 1.82) is 0 Å². The van der Waals surface area contributed by atoms with Gasteiger partial charge in [-0.3, -0.25) is 0 Å². The maximum atomic E-state index is 11.6. The SMILES string of the molecule is C[Se+](C)CC(=O)c1ccc(Br)cc1.[Br][Sn-]([Br])([Br])([Br])[Br]. The Morgan fingerprint density at radius 2 is 1.42 bits per heavy atom. The Labute approximate surface area is 158 Å². The molecular weight excluding hydrogens is 813 g/mol. The Hall–Kier alpha value is 3.09. The van der Waals surface area contributed by atoms with E-state index in [1.54, 1.807) is 0 Å². The van der Waals surface area contributed by atoms with Gasteiger partial charge in [-0.1, -0.05) is 0 Å². The molecule has 19 heavy (non-hydrogen) atoms. The van der Waals surface area contributed by atoms with E-state index in [1.807, 2.05) is 24.3 Å². The van der Waals surface area contributed by atoms with Crippen molar-refractivity contribution >= 4 is 105 Å². The van der Waals surface area contributed by atoms with Crippen molar-refractivity contribution in [3.8, 4) is 0 Å². The average Bonchev–Trinajstić information content (AvgIpc) is 2.13. The van der Waals surface area contributed by atoms with E-state index in [4.69, 9.17) is 0 Å². The number of hydrogen-bond acceptors (Lipinski definition) is 1. The molecule has 0 unspecified atom stereocenters. The van der Waals surface area contributed by atoms with Gasteiger partial charge >= 0.3 is 161 Å². The van der Waals surface area contributed by atoms with Crippen LogP contribution < -0.4 is 0 Å². The molecule has 0 spiro atoms. The van der Waals surface area contributed by atoms with E-state index < -0.39 is 19.8 Å². The summed E-state index contributed by atoms with van der Waals surface area (Å²) in [4.78, 5) is 11.6. The number of hydrogen-bond donors (Lipinski definition) is 0. The second-order valence-electron chi connectivity index (χ2n) is 3.77. The van der Waals surface area contributed by atoms with Crippen molar-refractivity contribution in [3.05, 3.63) is 34.3 Å². The number of Topliss-reactive ketones (excluding diaryl/α,β-unsaturated/α-hetero) is 1. The molecule has 0 heterocycles. The van der Waals surface area contributed by atoms with E-state index in [0.29, 0.717) is 0 Å². The number of rotatable bonds is 3. The fraction of sp³-hybridized carbons (Fsp3) is 0.300. The van der Waals surface area contributed by atoms with Gasteiger partial charge in [-0.15, -0.1) is 0 Å². The molecule has 0 radical (unpaired) electrons. The van der Waals surface area contributed by atoms with Crippen molar-refractivity contribution in [2.24, 2.45) is 0 Å². The van der Waals surface area contributed by atoms with Crippen molar-refractivity contribution in [1.82, 2.24) is 0 Å². The molecule has 0 fully saturated rings. The zero-order valence-electron chi connectivity index (χ0n) is 10.1. The molecule has 1 aromatic rings. The van der Waals surface area contributed by atoms with Gasteiger partial charge in [-0.2, -0.15) is 0 Å². The van der Waals surface area contributed by atoms with Crippen LogP contribution in [0.1, 0.15) is 10.4 Å². The van der Waals surface area contributed by atoms with Crippen LogP contribution in [0.5, 0.6) is 0 Å². The van der Waals surface area contributed by atoms with Gasteiger partial charge in [0.25, 0.3) is 0 Å². The summed E-state index contributed by atoms with van der Waals surface area (Å²) in [5.41, 5.74) is 0.834. The van der Waals surface area contributed by atoms with Crippen LogP contribution >= 0.6 is 79.5 Å². The summed E-state index contributed by atoms with van der Waals surface area (Å²) in [7, 11) is 0. The number of halogens is 6. The number of ketones is 1. The molecule has 110 valence electrons. The number of carbonyl (C=O) groups excluding carboxylic acids is 1. The van der Waals surface area contributed by atoms with Crippen LogP contribution in [0.15, 0.2) is 28.7 Å². The number of carbonyl (C=O) groups is 1. The second-order valence-corrected chi connectivity index (χ2v) is 138. The summed E-state index contributed by atoms with van der Waals surface area (Å²) >= 11 is 19.5. The first kappa shape index (κ1) is 22.1. The fourth-order valence-corrected chi connectivity index (χ4v) is 2.70. The normalized spacial score (nSPS) is 13.2. The predicted octanol–water partition coefficient (Wildman–Crippen LogP) is 7.23. The molecule has 0 atom stereocenters. The summed E-state index contributed by atoms with van der Waals surface area (Å²) in [6.45, 7) is 0. The third-order valence-electron chi connectivity index (χ3n) is 1.59. The molecule has 0 bridgehead atoms. The molecule has 1 nitrogen and oxygen atoms in total. The molecule has 0 saturated carbocycles. The van der Waals surface area contributed by atoms with Crippen LogP contribution in [0.25, 0.3) is 0 Å². The van der Waals surface area contributed by atoms with Crippen LogP contribution in [-0.4, -0.2) is 25.6 Å².